The maximum Gasteiger partial charge on any atom is 0.305 e. The number of benzene rings is 1. The monoisotopic (exact) mass is 448 g/mol. The van der Waals surface area contributed by atoms with Crippen LogP contribution in [0.25, 0.3) is 0 Å². The standard InChI is InChI=1S/C28H36N2O3/c1-5-21-20-25-24(28(6-2,7-3)16-18-33-25)19-22(21)13-14-23-15-17-29-26(30-23)11-9-10-12-27(31)32-8-4/h15,17,19-20H,5-12,16,18H2,1-4H3. The van der Waals surface area contributed by atoms with Crippen LogP contribution in [-0.2, 0) is 27.8 Å². The second-order valence-electron chi connectivity index (χ2n) is 8.57. The second kappa shape index (κ2) is 11.8. The van der Waals surface area contributed by atoms with Gasteiger partial charge in [0.2, 0.25) is 0 Å². The summed E-state index contributed by atoms with van der Waals surface area (Å²) in [5.74, 6) is 8.28. The van der Waals surface area contributed by atoms with Crippen molar-refractivity contribution in [1.82, 2.24) is 9.97 Å². The number of nitrogens with zero attached hydrogens (tertiary/aromatic N) is 2. The normalized spacial score (nSPS) is 13.9. The van der Waals surface area contributed by atoms with Crippen LogP contribution >= 0.6 is 0 Å². The molecular weight excluding hydrogens is 412 g/mol. The summed E-state index contributed by atoms with van der Waals surface area (Å²) in [5, 5.41) is 0. The molecule has 0 bridgehead atoms. The molecule has 0 saturated heterocycles. The van der Waals surface area contributed by atoms with E-state index >= 15 is 0 Å². The van der Waals surface area contributed by atoms with E-state index in [2.05, 4.69) is 54.7 Å². The third kappa shape index (κ3) is 6.13. The van der Waals surface area contributed by atoms with Crippen molar-refractivity contribution < 1.29 is 14.3 Å². The lowest BCUT2D eigenvalue weighted by atomic mass is 9.71. The molecule has 1 aliphatic rings. The van der Waals surface area contributed by atoms with Gasteiger partial charge in [0.1, 0.15) is 17.3 Å². The first-order valence-corrected chi connectivity index (χ1v) is 12.3. The molecule has 2 heterocycles. The van der Waals surface area contributed by atoms with Crippen molar-refractivity contribution >= 4 is 5.97 Å². The molecular formula is C28H36N2O3. The van der Waals surface area contributed by atoms with Crippen molar-refractivity contribution in [2.75, 3.05) is 13.2 Å². The summed E-state index contributed by atoms with van der Waals surface area (Å²) in [4.78, 5) is 20.5. The van der Waals surface area contributed by atoms with Gasteiger partial charge < -0.3 is 9.47 Å². The topological polar surface area (TPSA) is 61.3 Å². The fourth-order valence-electron chi connectivity index (χ4n) is 4.55. The Morgan fingerprint density at radius 3 is 2.70 bits per heavy atom. The van der Waals surface area contributed by atoms with Crippen LogP contribution in [0.15, 0.2) is 24.4 Å². The predicted octanol–water partition coefficient (Wildman–Crippen LogP) is 5.56. The van der Waals surface area contributed by atoms with Crippen LogP contribution < -0.4 is 4.74 Å². The molecule has 0 N–H and O–H groups in total. The second-order valence-corrected chi connectivity index (χ2v) is 8.57. The number of hydrogen-bond acceptors (Lipinski definition) is 5. The van der Waals surface area contributed by atoms with E-state index in [4.69, 9.17) is 9.47 Å². The quantitative estimate of drug-likeness (QED) is 0.286. The molecule has 2 aromatic rings. The van der Waals surface area contributed by atoms with Gasteiger partial charge >= 0.3 is 5.97 Å². The van der Waals surface area contributed by atoms with Gasteiger partial charge in [0, 0.05) is 35.6 Å². The molecule has 0 unspecified atom stereocenters. The third-order valence-electron chi connectivity index (χ3n) is 6.72. The van der Waals surface area contributed by atoms with Gasteiger partial charge in [-0.1, -0.05) is 26.7 Å². The first-order chi connectivity index (χ1) is 16.0. The maximum atomic E-state index is 11.5. The highest BCUT2D eigenvalue weighted by atomic mass is 16.5. The number of esters is 1. The van der Waals surface area contributed by atoms with E-state index in [0.29, 0.717) is 13.0 Å². The van der Waals surface area contributed by atoms with E-state index in [9.17, 15) is 4.79 Å². The highest BCUT2D eigenvalue weighted by molar-refractivity contribution is 5.69. The number of unbranched alkanes of at least 4 members (excludes halogenated alkanes) is 1. The molecule has 0 atom stereocenters. The number of carbonyl (C=O) groups is 1. The average molecular weight is 449 g/mol. The number of aryl methyl sites for hydroxylation is 2. The summed E-state index contributed by atoms with van der Waals surface area (Å²) in [7, 11) is 0. The first kappa shape index (κ1) is 24.8. The first-order valence-electron chi connectivity index (χ1n) is 12.3. The van der Waals surface area contributed by atoms with Crippen LogP contribution in [0.1, 0.15) is 94.4 Å². The summed E-state index contributed by atoms with van der Waals surface area (Å²) < 4.78 is 11.0. The molecule has 1 aromatic heterocycles. The Hall–Kier alpha value is -2.87. The molecule has 1 aromatic carbocycles. The number of carbonyl (C=O) groups excluding carboxylic acids is 1. The number of hydrogen-bond donors (Lipinski definition) is 0. The third-order valence-corrected chi connectivity index (χ3v) is 6.72. The predicted molar refractivity (Wildman–Crippen MR) is 130 cm³/mol. The zero-order valence-electron chi connectivity index (χ0n) is 20.5. The summed E-state index contributed by atoms with van der Waals surface area (Å²) in [5.41, 5.74) is 4.45. The van der Waals surface area contributed by atoms with Gasteiger partial charge in [0.25, 0.3) is 0 Å². The molecule has 3 rings (SSSR count). The summed E-state index contributed by atoms with van der Waals surface area (Å²) in [6.45, 7) is 9.73. The number of rotatable bonds is 9. The van der Waals surface area contributed by atoms with E-state index in [0.717, 1.165) is 74.4 Å². The van der Waals surface area contributed by atoms with E-state index < -0.39 is 0 Å². The van der Waals surface area contributed by atoms with E-state index in [1.165, 1.54) is 11.1 Å². The lowest BCUT2D eigenvalue weighted by Crippen LogP contribution is -2.32. The molecule has 33 heavy (non-hydrogen) atoms. The summed E-state index contributed by atoms with van der Waals surface area (Å²) in [6, 6.07) is 6.29. The SMILES string of the molecule is CCOC(=O)CCCCc1nccc(C#Cc2cc3c(cc2CC)OCCC3(CC)CC)n1. The lowest BCUT2D eigenvalue weighted by molar-refractivity contribution is -0.143. The van der Waals surface area contributed by atoms with Gasteiger partial charge in [-0.15, -0.1) is 0 Å². The van der Waals surface area contributed by atoms with E-state index in [1.807, 2.05) is 13.0 Å². The van der Waals surface area contributed by atoms with Crippen molar-refractivity contribution in [3.05, 3.63) is 52.6 Å². The Balaban J connectivity index is 1.77. The fourth-order valence-corrected chi connectivity index (χ4v) is 4.55. The average Bonchev–Trinajstić information content (AvgIpc) is 2.85. The Bertz CT molecular complexity index is 1020. The molecule has 176 valence electrons. The molecule has 1 aliphatic heterocycles. The molecule has 0 radical (unpaired) electrons. The smallest absolute Gasteiger partial charge is 0.305 e. The largest absolute Gasteiger partial charge is 0.493 e. The van der Waals surface area contributed by atoms with Crippen molar-refractivity contribution in [2.45, 2.75) is 84.5 Å². The summed E-state index contributed by atoms with van der Waals surface area (Å²) >= 11 is 0. The minimum atomic E-state index is -0.143. The van der Waals surface area contributed by atoms with Crippen LogP contribution in [0, 0.1) is 11.8 Å². The van der Waals surface area contributed by atoms with Crippen molar-refractivity contribution in [2.24, 2.45) is 0 Å². The maximum absolute atomic E-state index is 11.5. The van der Waals surface area contributed by atoms with Gasteiger partial charge in [-0.3, -0.25) is 4.79 Å². The highest BCUT2D eigenvalue weighted by Gasteiger charge is 2.35. The highest BCUT2D eigenvalue weighted by Crippen LogP contribution is 2.44. The van der Waals surface area contributed by atoms with Crippen molar-refractivity contribution in [3.63, 3.8) is 0 Å². The Morgan fingerprint density at radius 1 is 1.15 bits per heavy atom. The minimum absolute atomic E-state index is 0.143. The van der Waals surface area contributed by atoms with Gasteiger partial charge in [-0.05, 0) is 75.1 Å². The minimum Gasteiger partial charge on any atom is -0.493 e. The number of fused-ring (bicyclic) bond motifs is 1. The zero-order chi connectivity index (χ0) is 23.7. The number of ether oxygens (including phenoxy) is 2. The molecule has 5 nitrogen and oxygen atoms in total. The molecule has 0 aliphatic carbocycles. The molecule has 5 heteroatoms. The van der Waals surface area contributed by atoms with Gasteiger partial charge in [0.05, 0.1) is 13.2 Å². The van der Waals surface area contributed by atoms with Gasteiger partial charge in [-0.25, -0.2) is 9.97 Å². The van der Waals surface area contributed by atoms with Crippen molar-refractivity contribution in [1.29, 1.82) is 0 Å². The van der Waals surface area contributed by atoms with Crippen LogP contribution in [-0.4, -0.2) is 29.2 Å². The van der Waals surface area contributed by atoms with Crippen molar-refractivity contribution in [3.8, 4) is 17.6 Å². The lowest BCUT2D eigenvalue weighted by Gasteiger charge is -2.38. The fraction of sp³-hybridized carbons (Fsp3) is 0.536. The van der Waals surface area contributed by atoms with E-state index in [1.54, 1.807) is 6.20 Å². The van der Waals surface area contributed by atoms with Crippen LogP contribution in [0.2, 0.25) is 0 Å². The van der Waals surface area contributed by atoms with E-state index in [-0.39, 0.29) is 11.4 Å². The molecule has 0 amide bonds. The van der Waals surface area contributed by atoms with Gasteiger partial charge in [0.15, 0.2) is 0 Å². The molecule has 0 saturated carbocycles. The Labute approximate surface area is 198 Å². The molecule has 0 spiro atoms. The number of aromatic nitrogens is 2. The molecule has 0 fully saturated rings. The summed E-state index contributed by atoms with van der Waals surface area (Å²) in [6.07, 6.45) is 8.69. The van der Waals surface area contributed by atoms with Crippen LogP contribution in [0.3, 0.4) is 0 Å². The zero-order valence-corrected chi connectivity index (χ0v) is 20.5. The van der Waals surface area contributed by atoms with Crippen LogP contribution in [0.5, 0.6) is 5.75 Å². The van der Waals surface area contributed by atoms with Gasteiger partial charge in [-0.2, -0.15) is 0 Å². The Kier molecular flexibility index (Phi) is 8.88. The Morgan fingerprint density at radius 2 is 1.97 bits per heavy atom. The van der Waals surface area contributed by atoms with Crippen LogP contribution in [0.4, 0.5) is 0 Å².